The normalized spacial score (nSPS) is 10.5. The Labute approximate surface area is 88.3 Å². The standard InChI is InChI=1S/C12H13NO2/c1-9-8-12(15-13-9)7-4-10-2-5-11(14)6-3-10/h2-3,5-6,8,14H,4,7H2,1H3. The Morgan fingerprint density at radius 3 is 2.53 bits per heavy atom. The number of nitrogens with zero attached hydrogens (tertiary/aromatic N) is 1. The van der Waals surface area contributed by atoms with Crippen molar-refractivity contribution >= 4 is 0 Å². The molecule has 1 heterocycles. The average molecular weight is 203 g/mol. The quantitative estimate of drug-likeness (QED) is 0.833. The lowest BCUT2D eigenvalue weighted by Gasteiger charge is -1.98. The van der Waals surface area contributed by atoms with Gasteiger partial charge >= 0.3 is 0 Å². The molecular weight excluding hydrogens is 190 g/mol. The topological polar surface area (TPSA) is 46.3 Å². The van der Waals surface area contributed by atoms with Crippen molar-refractivity contribution in [1.29, 1.82) is 0 Å². The van der Waals surface area contributed by atoms with Gasteiger partial charge in [0.05, 0.1) is 5.69 Å². The van der Waals surface area contributed by atoms with Gasteiger partial charge in [0, 0.05) is 12.5 Å². The van der Waals surface area contributed by atoms with Crippen LogP contribution in [-0.4, -0.2) is 10.3 Å². The van der Waals surface area contributed by atoms with Crippen LogP contribution in [0.4, 0.5) is 0 Å². The van der Waals surface area contributed by atoms with Crippen LogP contribution in [0.15, 0.2) is 34.9 Å². The second-order valence-electron chi connectivity index (χ2n) is 3.60. The van der Waals surface area contributed by atoms with E-state index in [-0.39, 0.29) is 0 Å². The van der Waals surface area contributed by atoms with Crippen molar-refractivity contribution in [3.63, 3.8) is 0 Å². The Hall–Kier alpha value is -1.77. The van der Waals surface area contributed by atoms with Gasteiger partial charge in [-0.1, -0.05) is 17.3 Å². The van der Waals surface area contributed by atoms with Crippen LogP contribution in [0.1, 0.15) is 17.0 Å². The molecule has 1 aromatic heterocycles. The number of benzene rings is 1. The predicted octanol–water partition coefficient (Wildman–Crippen LogP) is 2.47. The van der Waals surface area contributed by atoms with Crippen molar-refractivity contribution in [2.45, 2.75) is 19.8 Å². The Kier molecular flexibility index (Phi) is 2.72. The third-order valence-electron chi connectivity index (χ3n) is 2.27. The predicted molar refractivity (Wildman–Crippen MR) is 56.8 cm³/mol. The van der Waals surface area contributed by atoms with Gasteiger partial charge in [0.2, 0.25) is 0 Å². The Bertz CT molecular complexity index is 431. The molecule has 0 saturated heterocycles. The first-order valence-corrected chi connectivity index (χ1v) is 4.94. The Morgan fingerprint density at radius 1 is 1.20 bits per heavy atom. The molecule has 2 rings (SSSR count). The lowest BCUT2D eigenvalue weighted by molar-refractivity contribution is 0.379. The van der Waals surface area contributed by atoms with Crippen LogP contribution >= 0.6 is 0 Å². The first-order chi connectivity index (χ1) is 7.24. The van der Waals surface area contributed by atoms with Crippen molar-refractivity contribution in [3.05, 3.63) is 47.3 Å². The number of aryl methyl sites for hydroxylation is 3. The number of aromatic nitrogens is 1. The van der Waals surface area contributed by atoms with Crippen LogP contribution in [0.5, 0.6) is 5.75 Å². The van der Waals surface area contributed by atoms with E-state index in [9.17, 15) is 0 Å². The summed E-state index contributed by atoms with van der Waals surface area (Å²) in [6.45, 7) is 1.91. The number of aromatic hydroxyl groups is 1. The number of phenols is 1. The highest BCUT2D eigenvalue weighted by Crippen LogP contribution is 2.12. The van der Waals surface area contributed by atoms with E-state index in [0.29, 0.717) is 5.75 Å². The van der Waals surface area contributed by atoms with E-state index >= 15 is 0 Å². The molecule has 0 spiro atoms. The van der Waals surface area contributed by atoms with Gasteiger partial charge in [0.25, 0.3) is 0 Å². The highest BCUT2D eigenvalue weighted by molar-refractivity contribution is 5.26. The van der Waals surface area contributed by atoms with Gasteiger partial charge in [0.1, 0.15) is 11.5 Å². The van der Waals surface area contributed by atoms with Crippen LogP contribution in [-0.2, 0) is 12.8 Å². The van der Waals surface area contributed by atoms with Gasteiger partial charge in [0.15, 0.2) is 0 Å². The lowest BCUT2D eigenvalue weighted by atomic mass is 10.1. The largest absolute Gasteiger partial charge is 0.508 e. The van der Waals surface area contributed by atoms with E-state index in [4.69, 9.17) is 9.63 Å². The van der Waals surface area contributed by atoms with Crippen LogP contribution in [0.25, 0.3) is 0 Å². The Morgan fingerprint density at radius 2 is 1.93 bits per heavy atom. The zero-order chi connectivity index (χ0) is 10.7. The summed E-state index contributed by atoms with van der Waals surface area (Å²) in [4.78, 5) is 0. The molecule has 0 saturated carbocycles. The molecular formula is C12H13NO2. The minimum atomic E-state index is 0.300. The van der Waals surface area contributed by atoms with Crippen molar-refractivity contribution < 1.29 is 9.63 Å². The molecule has 0 aliphatic rings. The first kappa shape index (κ1) is 9.77. The van der Waals surface area contributed by atoms with Crippen molar-refractivity contribution in [2.75, 3.05) is 0 Å². The maximum Gasteiger partial charge on any atom is 0.137 e. The molecule has 0 radical (unpaired) electrons. The van der Waals surface area contributed by atoms with Gasteiger partial charge in [-0.2, -0.15) is 0 Å². The average Bonchev–Trinajstić information content (AvgIpc) is 2.64. The van der Waals surface area contributed by atoms with Gasteiger partial charge in [-0.25, -0.2) is 0 Å². The molecule has 1 aromatic carbocycles. The number of hydrogen-bond acceptors (Lipinski definition) is 3. The van der Waals surface area contributed by atoms with Crippen LogP contribution in [0.2, 0.25) is 0 Å². The molecule has 3 heteroatoms. The molecule has 0 atom stereocenters. The SMILES string of the molecule is Cc1cc(CCc2ccc(O)cc2)on1. The van der Waals surface area contributed by atoms with E-state index < -0.39 is 0 Å². The summed E-state index contributed by atoms with van der Waals surface area (Å²) in [6, 6.07) is 9.17. The fraction of sp³-hybridized carbons (Fsp3) is 0.250. The lowest BCUT2D eigenvalue weighted by Crippen LogP contribution is -1.88. The second-order valence-corrected chi connectivity index (χ2v) is 3.60. The van der Waals surface area contributed by atoms with Crippen LogP contribution in [0.3, 0.4) is 0 Å². The summed E-state index contributed by atoms with van der Waals surface area (Å²) in [6.07, 6.45) is 1.74. The molecule has 3 nitrogen and oxygen atoms in total. The van der Waals surface area contributed by atoms with E-state index in [1.807, 2.05) is 25.1 Å². The molecule has 1 N–H and O–H groups in total. The molecule has 78 valence electrons. The van der Waals surface area contributed by atoms with Gasteiger partial charge in [-0.05, 0) is 31.0 Å². The number of rotatable bonds is 3. The van der Waals surface area contributed by atoms with E-state index in [1.54, 1.807) is 12.1 Å². The summed E-state index contributed by atoms with van der Waals surface area (Å²) in [5.74, 6) is 1.20. The maximum atomic E-state index is 9.12. The fourth-order valence-electron chi connectivity index (χ4n) is 1.46. The zero-order valence-electron chi connectivity index (χ0n) is 8.60. The van der Waals surface area contributed by atoms with Crippen molar-refractivity contribution in [3.8, 4) is 5.75 Å². The molecule has 0 aliphatic heterocycles. The second kappa shape index (κ2) is 4.17. The third kappa shape index (κ3) is 2.59. The summed E-state index contributed by atoms with van der Waals surface area (Å²) in [7, 11) is 0. The summed E-state index contributed by atoms with van der Waals surface area (Å²) < 4.78 is 5.11. The molecule has 0 unspecified atom stereocenters. The van der Waals surface area contributed by atoms with Gasteiger partial charge < -0.3 is 9.63 Å². The van der Waals surface area contributed by atoms with Gasteiger partial charge in [-0.15, -0.1) is 0 Å². The molecule has 0 aliphatic carbocycles. The van der Waals surface area contributed by atoms with E-state index in [2.05, 4.69) is 5.16 Å². The Balaban J connectivity index is 1.96. The monoisotopic (exact) mass is 203 g/mol. The van der Waals surface area contributed by atoms with Crippen LogP contribution < -0.4 is 0 Å². The number of phenolic OH excluding ortho intramolecular Hbond substituents is 1. The molecule has 15 heavy (non-hydrogen) atoms. The van der Waals surface area contributed by atoms with Gasteiger partial charge in [-0.3, -0.25) is 0 Å². The van der Waals surface area contributed by atoms with Crippen molar-refractivity contribution in [2.24, 2.45) is 0 Å². The summed E-state index contributed by atoms with van der Waals surface area (Å²) in [5, 5.41) is 12.9. The number of hydrogen-bond donors (Lipinski definition) is 1. The first-order valence-electron chi connectivity index (χ1n) is 4.94. The highest BCUT2D eigenvalue weighted by Gasteiger charge is 2.01. The maximum absolute atomic E-state index is 9.12. The minimum absolute atomic E-state index is 0.300. The molecule has 0 amide bonds. The highest BCUT2D eigenvalue weighted by atomic mass is 16.5. The summed E-state index contributed by atoms with van der Waals surface area (Å²) in [5.41, 5.74) is 2.09. The minimum Gasteiger partial charge on any atom is -0.508 e. The summed E-state index contributed by atoms with van der Waals surface area (Å²) >= 11 is 0. The van der Waals surface area contributed by atoms with E-state index in [0.717, 1.165) is 24.3 Å². The zero-order valence-corrected chi connectivity index (χ0v) is 8.60. The van der Waals surface area contributed by atoms with Crippen molar-refractivity contribution in [1.82, 2.24) is 5.16 Å². The van der Waals surface area contributed by atoms with E-state index in [1.165, 1.54) is 5.56 Å². The third-order valence-corrected chi connectivity index (χ3v) is 2.27. The van der Waals surface area contributed by atoms with Crippen LogP contribution in [0, 0.1) is 6.92 Å². The fourth-order valence-corrected chi connectivity index (χ4v) is 1.46. The molecule has 2 aromatic rings. The molecule has 0 fully saturated rings. The molecule has 0 bridgehead atoms. The smallest absolute Gasteiger partial charge is 0.137 e.